The summed E-state index contributed by atoms with van der Waals surface area (Å²) in [4.78, 5) is 36.4. The fraction of sp³-hybridized carbons (Fsp3) is 0.316. The third-order valence-corrected chi connectivity index (χ3v) is 4.73. The van der Waals surface area contributed by atoms with Gasteiger partial charge in [0.25, 0.3) is 5.91 Å². The van der Waals surface area contributed by atoms with E-state index in [-0.39, 0.29) is 17.6 Å². The molecule has 0 spiro atoms. The Balaban J connectivity index is 1.47. The molecule has 7 nitrogen and oxygen atoms in total. The van der Waals surface area contributed by atoms with Gasteiger partial charge in [0, 0.05) is 13.6 Å². The van der Waals surface area contributed by atoms with Crippen LogP contribution in [0, 0.1) is 0 Å². The fourth-order valence-corrected chi connectivity index (χ4v) is 3.45. The van der Waals surface area contributed by atoms with E-state index in [0.29, 0.717) is 19.5 Å². The highest BCUT2D eigenvalue weighted by molar-refractivity contribution is 5.95. The molecule has 1 saturated heterocycles. The number of H-pyrrole nitrogens is 1. The summed E-state index contributed by atoms with van der Waals surface area (Å²) in [5, 5.41) is 0. The topological polar surface area (TPSA) is 82.4 Å². The summed E-state index contributed by atoms with van der Waals surface area (Å²) in [5.41, 5.74) is 1.82. The van der Waals surface area contributed by atoms with Gasteiger partial charge < -0.3 is 19.2 Å². The molecule has 0 radical (unpaired) electrons. The van der Waals surface area contributed by atoms with Crippen molar-refractivity contribution < 1.29 is 14.0 Å². The SMILES string of the molecule is CN(Cc1nc2ccccc2[nH]1)C(=O)[C@@H]1CCCN1C(=O)c1ccco1. The highest BCUT2D eigenvalue weighted by Gasteiger charge is 2.37. The zero-order chi connectivity index (χ0) is 18.1. The lowest BCUT2D eigenvalue weighted by Gasteiger charge is -2.27. The first-order valence-electron chi connectivity index (χ1n) is 8.66. The van der Waals surface area contributed by atoms with E-state index in [0.717, 1.165) is 23.3 Å². The van der Waals surface area contributed by atoms with Gasteiger partial charge in [0.2, 0.25) is 5.91 Å². The summed E-state index contributed by atoms with van der Waals surface area (Å²) >= 11 is 0. The lowest BCUT2D eigenvalue weighted by Crippen LogP contribution is -2.46. The minimum atomic E-state index is -0.457. The molecule has 2 aromatic heterocycles. The van der Waals surface area contributed by atoms with Crippen LogP contribution < -0.4 is 0 Å². The summed E-state index contributed by atoms with van der Waals surface area (Å²) in [7, 11) is 1.74. The third kappa shape index (κ3) is 2.96. The zero-order valence-corrected chi connectivity index (χ0v) is 14.5. The molecule has 0 bridgehead atoms. The lowest BCUT2D eigenvalue weighted by molar-refractivity contribution is -0.134. The van der Waals surface area contributed by atoms with Crippen molar-refractivity contribution in [3.63, 3.8) is 0 Å². The number of carbonyl (C=O) groups excluding carboxylic acids is 2. The molecule has 4 rings (SSSR count). The minimum Gasteiger partial charge on any atom is -0.459 e. The van der Waals surface area contributed by atoms with Gasteiger partial charge in [0.1, 0.15) is 11.9 Å². The van der Waals surface area contributed by atoms with Gasteiger partial charge in [-0.1, -0.05) is 12.1 Å². The predicted octanol–water partition coefficient (Wildman–Crippen LogP) is 2.42. The van der Waals surface area contributed by atoms with Crippen molar-refractivity contribution in [2.24, 2.45) is 0 Å². The van der Waals surface area contributed by atoms with Crippen LogP contribution in [-0.2, 0) is 11.3 Å². The summed E-state index contributed by atoms with van der Waals surface area (Å²) < 4.78 is 5.19. The lowest BCUT2D eigenvalue weighted by atomic mass is 10.2. The average Bonchev–Trinajstić information content (AvgIpc) is 3.39. The van der Waals surface area contributed by atoms with Gasteiger partial charge in [0.15, 0.2) is 5.76 Å². The number of likely N-dealkylation sites (tertiary alicyclic amines) is 1. The van der Waals surface area contributed by atoms with Gasteiger partial charge >= 0.3 is 0 Å². The Morgan fingerprint density at radius 1 is 1.31 bits per heavy atom. The largest absolute Gasteiger partial charge is 0.459 e. The van der Waals surface area contributed by atoms with Crippen LogP contribution in [0.25, 0.3) is 11.0 Å². The number of nitrogens with one attached hydrogen (secondary N) is 1. The number of carbonyl (C=O) groups is 2. The van der Waals surface area contributed by atoms with E-state index in [1.807, 2.05) is 24.3 Å². The van der Waals surface area contributed by atoms with Gasteiger partial charge in [-0.15, -0.1) is 0 Å². The molecule has 134 valence electrons. The number of rotatable bonds is 4. The second-order valence-corrected chi connectivity index (χ2v) is 6.53. The van der Waals surface area contributed by atoms with E-state index >= 15 is 0 Å². The van der Waals surface area contributed by atoms with E-state index in [1.54, 1.807) is 29.0 Å². The number of aromatic nitrogens is 2. The number of aromatic amines is 1. The Kier molecular flexibility index (Phi) is 4.20. The van der Waals surface area contributed by atoms with Crippen molar-refractivity contribution in [2.45, 2.75) is 25.4 Å². The first kappa shape index (κ1) is 16.4. The molecule has 0 unspecified atom stereocenters. The van der Waals surface area contributed by atoms with E-state index in [1.165, 1.54) is 6.26 Å². The molecule has 0 saturated carbocycles. The van der Waals surface area contributed by atoms with Crippen LogP contribution in [0.15, 0.2) is 47.1 Å². The van der Waals surface area contributed by atoms with E-state index in [2.05, 4.69) is 9.97 Å². The van der Waals surface area contributed by atoms with Crippen LogP contribution in [0.5, 0.6) is 0 Å². The molecule has 1 fully saturated rings. The average molecular weight is 352 g/mol. The number of nitrogens with zero attached hydrogens (tertiary/aromatic N) is 3. The normalized spacial score (nSPS) is 17.0. The quantitative estimate of drug-likeness (QED) is 0.782. The Bertz CT molecular complexity index is 898. The minimum absolute atomic E-state index is 0.0807. The van der Waals surface area contributed by atoms with Crippen LogP contribution in [0.3, 0.4) is 0 Å². The second-order valence-electron chi connectivity index (χ2n) is 6.53. The highest BCUT2D eigenvalue weighted by atomic mass is 16.3. The summed E-state index contributed by atoms with van der Waals surface area (Å²) in [6.07, 6.45) is 2.94. The molecule has 1 aromatic carbocycles. The van der Waals surface area contributed by atoms with Crippen molar-refractivity contribution in [3.8, 4) is 0 Å². The van der Waals surface area contributed by atoms with Crippen LogP contribution in [-0.4, -0.2) is 51.2 Å². The fourth-order valence-electron chi connectivity index (χ4n) is 3.45. The van der Waals surface area contributed by atoms with Crippen LogP contribution in [0.2, 0.25) is 0 Å². The Hall–Kier alpha value is -3.09. The number of amides is 2. The maximum atomic E-state index is 12.9. The number of para-hydroxylation sites is 2. The van der Waals surface area contributed by atoms with Gasteiger partial charge in [0.05, 0.1) is 23.8 Å². The number of hydrogen-bond acceptors (Lipinski definition) is 4. The number of imidazole rings is 1. The molecule has 0 aliphatic carbocycles. The van der Waals surface area contributed by atoms with Crippen molar-refractivity contribution in [3.05, 3.63) is 54.2 Å². The molecule has 1 N–H and O–H groups in total. The molecule has 3 heterocycles. The van der Waals surface area contributed by atoms with Gasteiger partial charge in [-0.25, -0.2) is 4.98 Å². The number of benzene rings is 1. The summed E-state index contributed by atoms with van der Waals surface area (Å²) in [6.45, 7) is 0.932. The monoisotopic (exact) mass is 352 g/mol. The van der Waals surface area contributed by atoms with Gasteiger partial charge in [-0.05, 0) is 37.1 Å². The van der Waals surface area contributed by atoms with Gasteiger partial charge in [-0.2, -0.15) is 0 Å². The molecular formula is C19H20N4O3. The van der Waals surface area contributed by atoms with Crippen molar-refractivity contribution in [1.29, 1.82) is 0 Å². The maximum absolute atomic E-state index is 12.9. The summed E-state index contributed by atoms with van der Waals surface area (Å²) in [5.74, 6) is 0.680. The molecule has 1 atom stereocenters. The number of hydrogen-bond donors (Lipinski definition) is 1. The van der Waals surface area contributed by atoms with Crippen LogP contribution in [0.4, 0.5) is 0 Å². The molecule has 2 amide bonds. The predicted molar refractivity (Wildman–Crippen MR) is 95.3 cm³/mol. The van der Waals surface area contributed by atoms with E-state index in [9.17, 15) is 9.59 Å². The standard InChI is InChI=1S/C19H20N4O3/c1-22(12-17-20-13-6-2-3-7-14(13)21-17)18(24)15-8-4-10-23(15)19(25)16-9-5-11-26-16/h2-3,5-7,9,11,15H,4,8,10,12H2,1H3,(H,20,21)/t15-/m0/s1. The molecule has 1 aliphatic rings. The van der Waals surface area contributed by atoms with E-state index in [4.69, 9.17) is 4.42 Å². The first-order chi connectivity index (χ1) is 12.6. The zero-order valence-electron chi connectivity index (χ0n) is 14.5. The van der Waals surface area contributed by atoms with Gasteiger partial charge in [-0.3, -0.25) is 9.59 Å². The molecule has 26 heavy (non-hydrogen) atoms. The van der Waals surface area contributed by atoms with E-state index < -0.39 is 6.04 Å². The number of furan rings is 1. The maximum Gasteiger partial charge on any atom is 0.290 e. The van der Waals surface area contributed by atoms with Crippen LogP contribution >= 0.6 is 0 Å². The molecule has 7 heteroatoms. The molecular weight excluding hydrogens is 332 g/mol. The van der Waals surface area contributed by atoms with Crippen molar-refractivity contribution >= 4 is 22.8 Å². The Labute approximate surface area is 150 Å². The molecule has 3 aromatic rings. The Morgan fingerprint density at radius 2 is 2.15 bits per heavy atom. The number of likely N-dealkylation sites (N-methyl/N-ethyl adjacent to an activating group) is 1. The molecule has 1 aliphatic heterocycles. The van der Waals surface area contributed by atoms with Crippen LogP contribution in [0.1, 0.15) is 29.2 Å². The number of fused-ring (bicyclic) bond motifs is 1. The summed E-state index contributed by atoms with van der Waals surface area (Å²) in [6, 6.07) is 10.6. The highest BCUT2D eigenvalue weighted by Crippen LogP contribution is 2.22. The third-order valence-electron chi connectivity index (χ3n) is 4.73. The van der Waals surface area contributed by atoms with Crippen molar-refractivity contribution in [1.82, 2.24) is 19.8 Å². The smallest absolute Gasteiger partial charge is 0.290 e. The Morgan fingerprint density at radius 3 is 2.92 bits per heavy atom. The first-order valence-corrected chi connectivity index (χ1v) is 8.66. The second kappa shape index (κ2) is 6.67. The van der Waals surface area contributed by atoms with Crippen molar-refractivity contribution in [2.75, 3.05) is 13.6 Å².